The fourth-order valence-corrected chi connectivity index (χ4v) is 2.78. The first-order valence-electron chi connectivity index (χ1n) is 4.67. The maximum absolute atomic E-state index is 11.2. The quantitative estimate of drug-likeness (QED) is 0.680. The maximum Gasteiger partial charge on any atom is 0.311 e. The molecule has 1 fully saturated rings. The van der Waals surface area contributed by atoms with E-state index in [2.05, 4.69) is 11.8 Å². The Balaban J connectivity index is 0.000000980. The van der Waals surface area contributed by atoms with Crippen molar-refractivity contribution in [2.75, 3.05) is 0 Å². The normalized spacial score (nSPS) is 41.1. The summed E-state index contributed by atoms with van der Waals surface area (Å²) >= 11 is 0. The molecular weight excluding hydrogens is 200 g/mol. The van der Waals surface area contributed by atoms with E-state index in [0.29, 0.717) is 6.42 Å². The van der Waals surface area contributed by atoms with Crippen LogP contribution in [0.5, 0.6) is 0 Å². The predicted octanol–water partition coefficient (Wildman–Crippen LogP) is 2.18. The molecule has 2 nitrogen and oxygen atoms in total. The van der Waals surface area contributed by atoms with Crippen molar-refractivity contribution in [1.29, 1.82) is 0 Å². The average Bonchev–Trinajstić information content (AvgIpc) is 2.50. The number of aliphatic carboxylic acids is 1. The molecule has 2 aliphatic carbocycles. The lowest BCUT2D eigenvalue weighted by Gasteiger charge is -2.18. The minimum absolute atomic E-state index is 0. The number of carboxylic acids is 1. The van der Waals surface area contributed by atoms with E-state index < -0.39 is 11.4 Å². The van der Waals surface area contributed by atoms with Gasteiger partial charge in [0.05, 0.1) is 5.41 Å². The first kappa shape index (κ1) is 11.4. The lowest BCUT2D eigenvalue weighted by molar-refractivity contribution is -0.145. The van der Waals surface area contributed by atoms with E-state index in [1.54, 1.807) is 0 Å². The molecule has 0 spiro atoms. The van der Waals surface area contributed by atoms with Crippen LogP contribution in [0.15, 0.2) is 0 Å². The molecule has 1 N–H and O–H groups in total. The SMILES string of the molecule is CC1C#CC2C(C)(C)C2(C(=O)O)C1.Cl. The molecule has 3 unspecified atom stereocenters. The standard InChI is InChI=1S/C11H14O2.ClH/c1-7-4-5-8-10(2,3)11(8,6-7)9(12)13;/h7-8H,6H2,1-3H3,(H,12,13);1H. The minimum atomic E-state index is -0.664. The van der Waals surface area contributed by atoms with E-state index >= 15 is 0 Å². The summed E-state index contributed by atoms with van der Waals surface area (Å²) in [6, 6.07) is 0. The Hall–Kier alpha value is -0.680. The Morgan fingerprint density at radius 2 is 2.00 bits per heavy atom. The first-order valence-corrected chi connectivity index (χ1v) is 4.67. The second-order valence-electron chi connectivity index (χ2n) is 4.83. The highest BCUT2D eigenvalue weighted by molar-refractivity contribution is 5.85. The molecule has 0 radical (unpaired) electrons. The van der Waals surface area contributed by atoms with Gasteiger partial charge in [0.1, 0.15) is 0 Å². The Labute approximate surface area is 90.5 Å². The van der Waals surface area contributed by atoms with Crippen molar-refractivity contribution in [3.05, 3.63) is 0 Å². The molecule has 3 heteroatoms. The van der Waals surface area contributed by atoms with Crippen molar-refractivity contribution < 1.29 is 9.90 Å². The largest absolute Gasteiger partial charge is 0.481 e. The van der Waals surface area contributed by atoms with Crippen LogP contribution in [-0.4, -0.2) is 11.1 Å². The summed E-state index contributed by atoms with van der Waals surface area (Å²) < 4.78 is 0. The number of hydrogen-bond acceptors (Lipinski definition) is 1. The first-order chi connectivity index (χ1) is 5.93. The van der Waals surface area contributed by atoms with Crippen LogP contribution in [0, 0.1) is 34.5 Å². The third-order valence-corrected chi connectivity index (χ3v) is 3.76. The fraction of sp³-hybridized carbons (Fsp3) is 0.727. The van der Waals surface area contributed by atoms with Gasteiger partial charge in [-0.1, -0.05) is 32.6 Å². The molecule has 78 valence electrons. The zero-order valence-corrected chi connectivity index (χ0v) is 9.44. The highest BCUT2D eigenvalue weighted by Crippen LogP contribution is 2.72. The van der Waals surface area contributed by atoms with E-state index in [1.807, 2.05) is 20.8 Å². The van der Waals surface area contributed by atoms with Gasteiger partial charge >= 0.3 is 5.97 Å². The van der Waals surface area contributed by atoms with Crippen molar-refractivity contribution in [3.63, 3.8) is 0 Å². The molecule has 0 saturated heterocycles. The monoisotopic (exact) mass is 214 g/mol. The number of halogens is 1. The molecule has 0 aliphatic heterocycles. The molecule has 0 heterocycles. The summed E-state index contributed by atoms with van der Waals surface area (Å²) in [5, 5.41) is 9.22. The van der Waals surface area contributed by atoms with Gasteiger partial charge in [-0.25, -0.2) is 0 Å². The molecule has 0 bridgehead atoms. The number of hydrogen-bond donors (Lipinski definition) is 1. The molecule has 0 amide bonds. The zero-order valence-electron chi connectivity index (χ0n) is 8.63. The van der Waals surface area contributed by atoms with Crippen LogP contribution in [0.1, 0.15) is 27.2 Å². The summed E-state index contributed by atoms with van der Waals surface area (Å²) in [5.41, 5.74) is -0.672. The van der Waals surface area contributed by atoms with Crippen LogP contribution in [0.3, 0.4) is 0 Å². The van der Waals surface area contributed by atoms with Crippen molar-refractivity contribution in [1.82, 2.24) is 0 Å². The predicted molar refractivity (Wildman–Crippen MR) is 56.1 cm³/mol. The molecule has 14 heavy (non-hydrogen) atoms. The Kier molecular flexibility index (Phi) is 2.36. The van der Waals surface area contributed by atoms with Gasteiger partial charge in [-0.05, 0) is 11.8 Å². The number of fused-ring (bicyclic) bond motifs is 1. The van der Waals surface area contributed by atoms with Gasteiger partial charge in [-0.2, -0.15) is 0 Å². The third kappa shape index (κ3) is 1.02. The van der Waals surface area contributed by atoms with E-state index in [9.17, 15) is 9.90 Å². The number of carboxylic acid groups (broad SMARTS) is 1. The van der Waals surface area contributed by atoms with Crippen LogP contribution in [0.25, 0.3) is 0 Å². The van der Waals surface area contributed by atoms with Crippen molar-refractivity contribution in [3.8, 4) is 11.8 Å². The van der Waals surface area contributed by atoms with Crippen molar-refractivity contribution in [2.24, 2.45) is 22.7 Å². The molecule has 2 rings (SSSR count). The van der Waals surface area contributed by atoms with Crippen LogP contribution in [0.2, 0.25) is 0 Å². The summed E-state index contributed by atoms with van der Waals surface area (Å²) in [6.45, 7) is 6.03. The number of carbonyl (C=O) groups is 1. The van der Waals surface area contributed by atoms with Crippen LogP contribution >= 0.6 is 12.4 Å². The Morgan fingerprint density at radius 1 is 1.43 bits per heavy atom. The highest BCUT2D eigenvalue weighted by atomic mass is 35.5. The fourth-order valence-electron chi connectivity index (χ4n) is 2.78. The van der Waals surface area contributed by atoms with Gasteiger partial charge < -0.3 is 5.11 Å². The average molecular weight is 215 g/mol. The van der Waals surface area contributed by atoms with E-state index in [0.717, 1.165) is 0 Å². The van der Waals surface area contributed by atoms with Gasteiger partial charge in [0.25, 0.3) is 0 Å². The van der Waals surface area contributed by atoms with E-state index in [-0.39, 0.29) is 29.7 Å². The molecule has 0 aromatic rings. The lowest BCUT2D eigenvalue weighted by Crippen LogP contribution is -2.25. The van der Waals surface area contributed by atoms with E-state index in [1.165, 1.54) is 0 Å². The van der Waals surface area contributed by atoms with Gasteiger partial charge in [0.15, 0.2) is 0 Å². The van der Waals surface area contributed by atoms with E-state index in [4.69, 9.17) is 0 Å². The molecule has 2 aliphatic rings. The van der Waals surface area contributed by atoms with Crippen molar-refractivity contribution in [2.45, 2.75) is 27.2 Å². The topological polar surface area (TPSA) is 37.3 Å². The highest BCUT2D eigenvalue weighted by Gasteiger charge is 2.76. The van der Waals surface area contributed by atoms with Gasteiger partial charge in [0.2, 0.25) is 0 Å². The summed E-state index contributed by atoms with van der Waals surface area (Å²) in [7, 11) is 0. The summed E-state index contributed by atoms with van der Waals surface area (Å²) in [4.78, 5) is 11.2. The Bertz CT molecular complexity index is 337. The van der Waals surface area contributed by atoms with Crippen molar-refractivity contribution >= 4 is 18.4 Å². The second-order valence-corrected chi connectivity index (χ2v) is 4.83. The summed E-state index contributed by atoms with van der Waals surface area (Å²) in [6.07, 6.45) is 0.715. The smallest absolute Gasteiger partial charge is 0.311 e. The van der Waals surface area contributed by atoms with Gasteiger partial charge in [-0.3, -0.25) is 4.79 Å². The van der Waals surface area contributed by atoms with Gasteiger partial charge in [0, 0.05) is 11.8 Å². The molecular formula is C11H15ClO2. The minimum Gasteiger partial charge on any atom is -0.481 e. The number of rotatable bonds is 1. The van der Waals surface area contributed by atoms with Gasteiger partial charge in [-0.15, -0.1) is 12.4 Å². The van der Waals surface area contributed by atoms with Crippen LogP contribution in [-0.2, 0) is 4.79 Å². The van der Waals surface area contributed by atoms with Crippen LogP contribution in [0.4, 0.5) is 0 Å². The lowest BCUT2D eigenvalue weighted by atomic mass is 9.85. The third-order valence-electron chi connectivity index (χ3n) is 3.76. The Morgan fingerprint density at radius 3 is 2.43 bits per heavy atom. The zero-order chi connectivity index (χ0) is 9.85. The molecule has 1 saturated carbocycles. The maximum atomic E-state index is 11.2. The summed E-state index contributed by atoms with van der Waals surface area (Å²) in [5.74, 6) is 5.83. The molecule has 0 aromatic carbocycles. The molecule has 3 atom stereocenters. The van der Waals surface area contributed by atoms with Crippen LogP contribution < -0.4 is 0 Å². The second kappa shape index (κ2) is 2.90. The molecule has 0 aromatic heterocycles.